The van der Waals surface area contributed by atoms with Crippen LogP contribution in [0.5, 0.6) is 0 Å². The molecule has 1 spiro atoms. The first-order valence-corrected chi connectivity index (χ1v) is 16.0. The van der Waals surface area contributed by atoms with Gasteiger partial charge < -0.3 is 33.2 Å². The van der Waals surface area contributed by atoms with Crippen LogP contribution in [0.4, 0.5) is 0 Å². The van der Waals surface area contributed by atoms with Gasteiger partial charge in [0, 0.05) is 34.1 Å². The standard InChI is InChI=1S/C35H42O12/c1-17-23-15-34(32(6,7)47-23)26(17)27(43-19(3)37)29(44-20(4)38)33(8)24(42-18(2)36)14-25-35(16-41-25,46-21(5)39)28(33)30(34)45-31(40)22-12-10-9-11-13-22/h9-13,23-25,27-30H,14-16H2,1-8H3. The Labute approximate surface area is 273 Å². The molecule has 2 bridgehead atoms. The molecule has 0 amide bonds. The number of hydrogen-bond acceptors (Lipinski definition) is 12. The van der Waals surface area contributed by atoms with E-state index in [4.69, 9.17) is 33.2 Å². The van der Waals surface area contributed by atoms with Crippen molar-refractivity contribution in [2.45, 2.75) is 116 Å². The molecule has 47 heavy (non-hydrogen) atoms. The highest BCUT2D eigenvalue weighted by Crippen LogP contribution is 2.72. The number of benzene rings is 1. The van der Waals surface area contributed by atoms with Gasteiger partial charge in [-0.1, -0.05) is 25.1 Å². The molecule has 2 heterocycles. The molecule has 2 saturated carbocycles. The molecule has 0 N–H and O–H groups in total. The molecule has 2 aliphatic heterocycles. The lowest BCUT2D eigenvalue weighted by Gasteiger charge is -2.65. The molecule has 254 valence electrons. The lowest BCUT2D eigenvalue weighted by molar-refractivity contribution is -0.350. The predicted molar refractivity (Wildman–Crippen MR) is 161 cm³/mol. The van der Waals surface area contributed by atoms with E-state index in [9.17, 15) is 24.0 Å². The zero-order valence-corrected chi connectivity index (χ0v) is 27.9. The van der Waals surface area contributed by atoms with Crippen LogP contribution in [0.1, 0.15) is 78.6 Å². The van der Waals surface area contributed by atoms with Crippen LogP contribution < -0.4 is 0 Å². The number of ether oxygens (including phenoxy) is 7. The normalized spacial score (nSPS) is 39.2. The van der Waals surface area contributed by atoms with Gasteiger partial charge in [0.05, 0.1) is 40.6 Å². The zero-order valence-electron chi connectivity index (χ0n) is 27.9. The van der Waals surface area contributed by atoms with E-state index in [0.29, 0.717) is 12.0 Å². The molecule has 1 aromatic carbocycles. The highest BCUT2D eigenvalue weighted by atomic mass is 16.6. The van der Waals surface area contributed by atoms with Gasteiger partial charge in [0.2, 0.25) is 0 Å². The maximum absolute atomic E-state index is 14.2. The molecule has 5 aliphatic rings. The maximum Gasteiger partial charge on any atom is 0.338 e. The summed E-state index contributed by atoms with van der Waals surface area (Å²) in [6, 6.07) is 8.48. The summed E-state index contributed by atoms with van der Waals surface area (Å²) in [5, 5.41) is 0. The monoisotopic (exact) mass is 654 g/mol. The van der Waals surface area contributed by atoms with Gasteiger partial charge >= 0.3 is 29.8 Å². The SMILES string of the molecule is CC(=O)OC1C2=C(C)C3CC2(C(OC(=O)c2ccccc2)C2C4(OC(C)=O)COC4CC(OC(C)=O)C2(C)C1OC(C)=O)C(C)(C)O3. The first-order chi connectivity index (χ1) is 22.0. The Balaban J connectivity index is 1.72. The number of rotatable bonds is 6. The number of hydrogen-bond donors (Lipinski definition) is 0. The molecule has 12 nitrogen and oxygen atoms in total. The molecule has 0 aromatic heterocycles. The van der Waals surface area contributed by atoms with E-state index in [1.54, 1.807) is 37.3 Å². The highest BCUT2D eigenvalue weighted by Gasteiger charge is 2.82. The van der Waals surface area contributed by atoms with Crippen LogP contribution >= 0.6 is 0 Å². The van der Waals surface area contributed by atoms with Gasteiger partial charge in [0.1, 0.15) is 18.3 Å². The average molecular weight is 655 g/mol. The molecule has 0 radical (unpaired) electrons. The van der Waals surface area contributed by atoms with E-state index in [-0.39, 0.29) is 18.6 Å². The number of carbonyl (C=O) groups is 5. The van der Waals surface area contributed by atoms with Gasteiger partial charge in [-0.3, -0.25) is 19.2 Å². The van der Waals surface area contributed by atoms with E-state index < -0.39 is 94.4 Å². The van der Waals surface area contributed by atoms with Gasteiger partial charge in [-0.25, -0.2) is 4.79 Å². The third-order valence-electron chi connectivity index (χ3n) is 11.2. The van der Waals surface area contributed by atoms with Crippen molar-refractivity contribution in [2.75, 3.05) is 6.61 Å². The van der Waals surface area contributed by atoms with Crippen LogP contribution in [0, 0.1) is 16.7 Å². The summed E-state index contributed by atoms with van der Waals surface area (Å²) in [5.74, 6) is -4.18. The van der Waals surface area contributed by atoms with Crippen molar-refractivity contribution >= 4 is 29.8 Å². The fourth-order valence-electron chi connectivity index (χ4n) is 9.53. The number of esters is 5. The van der Waals surface area contributed by atoms with Crippen LogP contribution in [0.2, 0.25) is 0 Å². The van der Waals surface area contributed by atoms with E-state index >= 15 is 0 Å². The topological polar surface area (TPSA) is 150 Å². The Hall–Kier alpha value is -3.77. The number of carbonyl (C=O) groups excluding carboxylic acids is 5. The second kappa shape index (κ2) is 11.2. The molecule has 10 atom stereocenters. The Morgan fingerprint density at radius 3 is 2.00 bits per heavy atom. The summed E-state index contributed by atoms with van der Waals surface area (Å²) in [6.45, 7) is 12.4. The molecule has 10 unspecified atom stereocenters. The van der Waals surface area contributed by atoms with Gasteiger partial charge in [0.25, 0.3) is 0 Å². The first-order valence-electron chi connectivity index (χ1n) is 16.0. The minimum atomic E-state index is -1.48. The smallest absolute Gasteiger partial charge is 0.338 e. The molecular formula is C35H42O12. The molecule has 6 rings (SSSR count). The third kappa shape index (κ3) is 4.73. The average Bonchev–Trinajstić information content (AvgIpc) is 3.39. The zero-order chi connectivity index (χ0) is 34.3. The van der Waals surface area contributed by atoms with E-state index in [2.05, 4.69) is 0 Å². The van der Waals surface area contributed by atoms with Gasteiger partial charge in [-0.05, 0) is 50.5 Å². The predicted octanol–water partition coefficient (Wildman–Crippen LogP) is 3.63. The van der Waals surface area contributed by atoms with Crippen molar-refractivity contribution in [1.82, 2.24) is 0 Å². The van der Waals surface area contributed by atoms with E-state index in [1.165, 1.54) is 27.7 Å². The van der Waals surface area contributed by atoms with Crippen LogP contribution in [0.3, 0.4) is 0 Å². The summed E-state index contributed by atoms with van der Waals surface area (Å²) >= 11 is 0. The fraction of sp³-hybridized carbons (Fsp3) is 0.629. The molecule has 3 aliphatic carbocycles. The fourth-order valence-corrected chi connectivity index (χ4v) is 9.53. The maximum atomic E-state index is 14.2. The lowest BCUT2D eigenvalue weighted by Crippen LogP contribution is -2.79. The third-order valence-corrected chi connectivity index (χ3v) is 11.2. The Morgan fingerprint density at radius 2 is 1.45 bits per heavy atom. The molecular weight excluding hydrogens is 612 g/mol. The van der Waals surface area contributed by atoms with Crippen LogP contribution in [0.25, 0.3) is 0 Å². The summed E-state index contributed by atoms with van der Waals surface area (Å²) < 4.78 is 44.0. The summed E-state index contributed by atoms with van der Waals surface area (Å²) in [5.41, 5.74) is -3.46. The Bertz CT molecular complexity index is 1550. The van der Waals surface area contributed by atoms with Crippen molar-refractivity contribution in [3.63, 3.8) is 0 Å². The van der Waals surface area contributed by atoms with Crippen molar-refractivity contribution in [1.29, 1.82) is 0 Å². The van der Waals surface area contributed by atoms with Gasteiger partial charge in [-0.2, -0.15) is 0 Å². The summed E-state index contributed by atoms with van der Waals surface area (Å²) in [4.78, 5) is 65.8. The van der Waals surface area contributed by atoms with Crippen LogP contribution in [0.15, 0.2) is 41.5 Å². The molecule has 1 aromatic rings. The van der Waals surface area contributed by atoms with Crippen molar-refractivity contribution in [3.8, 4) is 0 Å². The molecule has 4 fully saturated rings. The Kier molecular flexibility index (Phi) is 7.86. The summed E-state index contributed by atoms with van der Waals surface area (Å²) in [6.07, 6.45) is -5.42. The van der Waals surface area contributed by atoms with Gasteiger partial charge in [-0.15, -0.1) is 0 Å². The van der Waals surface area contributed by atoms with Crippen molar-refractivity contribution in [2.24, 2.45) is 16.7 Å². The van der Waals surface area contributed by atoms with E-state index in [0.717, 1.165) is 5.57 Å². The largest absolute Gasteiger partial charge is 0.462 e. The minimum Gasteiger partial charge on any atom is -0.462 e. The lowest BCUT2D eigenvalue weighted by atomic mass is 9.49. The second-order valence-corrected chi connectivity index (χ2v) is 14.2. The van der Waals surface area contributed by atoms with E-state index in [1.807, 2.05) is 20.8 Å². The minimum absolute atomic E-state index is 0.0620. The van der Waals surface area contributed by atoms with Gasteiger partial charge in [0.15, 0.2) is 17.8 Å². The van der Waals surface area contributed by atoms with Crippen LogP contribution in [-0.4, -0.2) is 84.3 Å². The highest BCUT2D eigenvalue weighted by molar-refractivity contribution is 5.89. The molecule has 12 heteroatoms. The van der Waals surface area contributed by atoms with Crippen molar-refractivity contribution in [3.05, 3.63) is 47.0 Å². The quantitative estimate of drug-likeness (QED) is 0.250. The Morgan fingerprint density at radius 1 is 0.809 bits per heavy atom. The second-order valence-electron chi connectivity index (χ2n) is 14.2. The van der Waals surface area contributed by atoms with Crippen LogP contribution in [-0.2, 0) is 52.3 Å². The number of fused-ring (bicyclic) bond motifs is 4. The first kappa shape index (κ1) is 33.1. The summed E-state index contributed by atoms with van der Waals surface area (Å²) in [7, 11) is 0. The van der Waals surface area contributed by atoms with Crippen molar-refractivity contribution < 1.29 is 57.1 Å². The molecule has 2 saturated heterocycles.